The molecule has 0 aromatic carbocycles. The second kappa shape index (κ2) is 10.2. The van der Waals surface area contributed by atoms with Gasteiger partial charge in [-0.1, -0.05) is 30.2 Å². The lowest BCUT2D eigenvalue weighted by Crippen LogP contribution is -2.19. The number of hydrogen-bond acceptors (Lipinski definition) is 4. The molecule has 1 saturated carbocycles. The van der Waals surface area contributed by atoms with Crippen molar-refractivity contribution < 1.29 is 24.9 Å². The molecule has 1 aliphatic carbocycles. The molecule has 5 nitrogen and oxygen atoms in total. The summed E-state index contributed by atoms with van der Waals surface area (Å²) in [6.45, 7) is 4.10. The highest BCUT2D eigenvalue weighted by Gasteiger charge is 2.47. The molecule has 0 radical (unpaired) electrons. The Morgan fingerprint density at radius 3 is 2.73 bits per heavy atom. The van der Waals surface area contributed by atoms with E-state index in [1.54, 1.807) is 0 Å². The van der Waals surface area contributed by atoms with Crippen LogP contribution in [0.15, 0.2) is 23.8 Å². The second-order valence-corrected chi connectivity index (χ2v) is 8.03. The lowest BCUT2D eigenvalue weighted by molar-refractivity contribution is -0.137. The SMILES string of the molecule is CC(C)=CCC[C@H](O)C=C[C@H]1C(O)C[C@@H]2O[C@H](CCCCC(=O)O)C[C@@H]21. The Kier molecular flexibility index (Phi) is 8.32. The van der Waals surface area contributed by atoms with Crippen LogP contribution in [0.1, 0.15) is 65.2 Å². The van der Waals surface area contributed by atoms with E-state index in [4.69, 9.17) is 9.84 Å². The van der Waals surface area contributed by atoms with Gasteiger partial charge in [0, 0.05) is 18.8 Å². The van der Waals surface area contributed by atoms with E-state index in [9.17, 15) is 15.0 Å². The summed E-state index contributed by atoms with van der Waals surface area (Å²) in [6, 6.07) is 0. The molecule has 0 bridgehead atoms. The van der Waals surface area contributed by atoms with Gasteiger partial charge in [0.25, 0.3) is 0 Å². The normalized spacial score (nSPS) is 31.9. The Hall–Kier alpha value is -1.17. The van der Waals surface area contributed by atoms with E-state index >= 15 is 0 Å². The molecule has 0 amide bonds. The number of aliphatic hydroxyl groups excluding tert-OH is 2. The van der Waals surface area contributed by atoms with Crippen LogP contribution in [0.25, 0.3) is 0 Å². The summed E-state index contributed by atoms with van der Waals surface area (Å²) < 4.78 is 6.08. The highest BCUT2D eigenvalue weighted by Crippen LogP contribution is 2.45. The molecular formula is C21H34O5. The van der Waals surface area contributed by atoms with Crippen LogP contribution < -0.4 is 0 Å². The van der Waals surface area contributed by atoms with Crippen molar-refractivity contribution in [3.8, 4) is 0 Å². The third-order valence-electron chi connectivity index (χ3n) is 5.53. The van der Waals surface area contributed by atoms with Gasteiger partial charge >= 0.3 is 5.97 Å². The summed E-state index contributed by atoms with van der Waals surface area (Å²) in [6.07, 6.45) is 11.1. The van der Waals surface area contributed by atoms with Crippen molar-refractivity contribution in [1.29, 1.82) is 0 Å². The van der Waals surface area contributed by atoms with Gasteiger partial charge in [0.15, 0.2) is 0 Å². The van der Waals surface area contributed by atoms with Crippen molar-refractivity contribution in [1.82, 2.24) is 0 Å². The van der Waals surface area contributed by atoms with E-state index in [0.29, 0.717) is 25.2 Å². The number of aliphatic hydroxyl groups is 2. The highest BCUT2D eigenvalue weighted by atomic mass is 16.5. The van der Waals surface area contributed by atoms with Crippen LogP contribution in [0.3, 0.4) is 0 Å². The van der Waals surface area contributed by atoms with Crippen LogP contribution in [0, 0.1) is 11.8 Å². The molecule has 0 spiro atoms. The van der Waals surface area contributed by atoms with Crippen molar-refractivity contribution in [2.75, 3.05) is 0 Å². The molecule has 26 heavy (non-hydrogen) atoms. The fraction of sp³-hybridized carbons (Fsp3) is 0.762. The van der Waals surface area contributed by atoms with Crippen LogP contribution in [0.5, 0.6) is 0 Å². The second-order valence-electron chi connectivity index (χ2n) is 8.03. The van der Waals surface area contributed by atoms with Crippen LogP contribution in [-0.4, -0.2) is 45.7 Å². The lowest BCUT2D eigenvalue weighted by atomic mass is 9.89. The maximum absolute atomic E-state index is 10.6. The summed E-state index contributed by atoms with van der Waals surface area (Å²) in [4.78, 5) is 10.6. The molecule has 1 unspecified atom stereocenters. The minimum atomic E-state index is -0.745. The molecular weight excluding hydrogens is 332 g/mol. The van der Waals surface area contributed by atoms with E-state index in [1.165, 1.54) is 5.57 Å². The zero-order chi connectivity index (χ0) is 19.1. The fourth-order valence-electron chi connectivity index (χ4n) is 4.18. The number of carboxylic acid groups (broad SMARTS) is 1. The summed E-state index contributed by atoms with van der Waals surface area (Å²) in [5, 5.41) is 29.1. The zero-order valence-electron chi connectivity index (χ0n) is 16.0. The first-order chi connectivity index (χ1) is 12.4. The number of fused-ring (bicyclic) bond motifs is 1. The number of allylic oxidation sites excluding steroid dienone is 2. The Morgan fingerprint density at radius 1 is 1.27 bits per heavy atom. The molecule has 0 aromatic heterocycles. The number of carboxylic acids is 1. The number of carbonyl (C=O) groups is 1. The van der Waals surface area contributed by atoms with E-state index in [2.05, 4.69) is 19.9 Å². The van der Waals surface area contributed by atoms with E-state index in [1.807, 2.05) is 12.2 Å². The molecule has 2 rings (SSSR count). The van der Waals surface area contributed by atoms with Gasteiger partial charge in [-0.3, -0.25) is 4.79 Å². The van der Waals surface area contributed by atoms with Crippen molar-refractivity contribution >= 4 is 5.97 Å². The first kappa shape index (κ1) is 21.1. The van der Waals surface area contributed by atoms with Gasteiger partial charge in [-0.25, -0.2) is 0 Å². The standard InChI is InChI=1S/C21H34O5/c1-14(2)6-5-7-15(22)10-11-17-18-12-16(8-3-4-9-21(24)25)26-20(18)13-19(17)23/h6,10-11,15-20,22-23H,3-5,7-9,12-13H2,1-2H3,(H,24,25)/t15-,16+,17+,18+,19?,20-/m0/s1. The molecule has 6 atom stereocenters. The van der Waals surface area contributed by atoms with E-state index in [-0.39, 0.29) is 24.5 Å². The molecule has 3 N–H and O–H groups in total. The van der Waals surface area contributed by atoms with Crippen LogP contribution in [-0.2, 0) is 9.53 Å². The van der Waals surface area contributed by atoms with Gasteiger partial charge in [0.1, 0.15) is 0 Å². The summed E-state index contributed by atoms with van der Waals surface area (Å²) >= 11 is 0. The van der Waals surface area contributed by atoms with Gasteiger partial charge in [-0.2, -0.15) is 0 Å². The maximum atomic E-state index is 10.6. The quantitative estimate of drug-likeness (QED) is 0.407. The monoisotopic (exact) mass is 366 g/mol. The van der Waals surface area contributed by atoms with E-state index < -0.39 is 18.2 Å². The number of rotatable bonds is 10. The number of ether oxygens (including phenoxy) is 1. The minimum Gasteiger partial charge on any atom is -0.481 e. The van der Waals surface area contributed by atoms with Crippen LogP contribution in [0.2, 0.25) is 0 Å². The molecule has 1 heterocycles. The van der Waals surface area contributed by atoms with E-state index in [0.717, 1.165) is 25.7 Å². The van der Waals surface area contributed by atoms with Gasteiger partial charge < -0.3 is 20.1 Å². The largest absolute Gasteiger partial charge is 0.481 e. The predicted octanol–water partition coefficient (Wildman–Crippen LogP) is 3.45. The fourth-order valence-corrected chi connectivity index (χ4v) is 4.18. The summed E-state index contributed by atoms with van der Waals surface area (Å²) in [5.41, 5.74) is 1.26. The zero-order valence-corrected chi connectivity index (χ0v) is 16.0. The smallest absolute Gasteiger partial charge is 0.303 e. The maximum Gasteiger partial charge on any atom is 0.303 e. The number of unbranched alkanes of at least 4 members (excludes halogenated alkanes) is 1. The predicted molar refractivity (Wildman–Crippen MR) is 101 cm³/mol. The van der Waals surface area contributed by atoms with Crippen molar-refractivity contribution in [2.24, 2.45) is 11.8 Å². The average molecular weight is 366 g/mol. The van der Waals surface area contributed by atoms with Crippen molar-refractivity contribution in [3.63, 3.8) is 0 Å². The Balaban J connectivity index is 1.78. The first-order valence-electron chi connectivity index (χ1n) is 9.92. The lowest BCUT2D eigenvalue weighted by Gasteiger charge is -2.18. The minimum absolute atomic E-state index is 0.0436. The first-order valence-corrected chi connectivity index (χ1v) is 9.92. The molecule has 148 valence electrons. The molecule has 1 saturated heterocycles. The molecule has 5 heteroatoms. The van der Waals surface area contributed by atoms with Gasteiger partial charge in [-0.05, 0) is 51.9 Å². The highest BCUT2D eigenvalue weighted by molar-refractivity contribution is 5.66. The Labute approximate surface area is 156 Å². The van der Waals surface area contributed by atoms with Gasteiger partial charge in [-0.15, -0.1) is 0 Å². The topological polar surface area (TPSA) is 87.0 Å². The third kappa shape index (κ3) is 6.53. The van der Waals surface area contributed by atoms with Gasteiger partial charge in [0.05, 0.1) is 24.4 Å². The number of aliphatic carboxylic acids is 1. The Morgan fingerprint density at radius 2 is 2.04 bits per heavy atom. The summed E-state index contributed by atoms with van der Waals surface area (Å²) in [5.74, 6) is -0.400. The molecule has 0 aromatic rings. The van der Waals surface area contributed by atoms with Crippen LogP contribution in [0.4, 0.5) is 0 Å². The van der Waals surface area contributed by atoms with Gasteiger partial charge in [0.2, 0.25) is 0 Å². The van der Waals surface area contributed by atoms with Crippen molar-refractivity contribution in [2.45, 2.75) is 89.6 Å². The summed E-state index contributed by atoms with van der Waals surface area (Å²) in [7, 11) is 0. The third-order valence-corrected chi connectivity index (χ3v) is 5.53. The average Bonchev–Trinajstić information content (AvgIpc) is 3.05. The molecule has 2 aliphatic rings. The van der Waals surface area contributed by atoms with Crippen LogP contribution >= 0.6 is 0 Å². The number of hydrogen-bond donors (Lipinski definition) is 3. The Bertz CT molecular complexity index is 509. The molecule has 2 fully saturated rings. The molecule has 1 aliphatic heterocycles. The van der Waals surface area contributed by atoms with Crippen molar-refractivity contribution in [3.05, 3.63) is 23.8 Å².